The number of amides is 1. The molecule has 0 fully saturated rings. The van der Waals surface area contributed by atoms with Gasteiger partial charge in [0.05, 0.1) is 15.7 Å². The van der Waals surface area contributed by atoms with Gasteiger partial charge in [-0.2, -0.15) is 5.26 Å². The second-order valence-electron chi connectivity index (χ2n) is 4.04. The van der Waals surface area contributed by atoms with Gasteiger partial charge in [0, 0.05) is 12.2 Å². The van der Waals surface area contributed by atoms with Crippen LogP contribution in [0.5, 0.6) is 0 Å². The molecular weight excluding hydrogens is 285 g/mol. The molecular formula is C13H13Cl2N3O. The molecule has 0 aliphatic carbocycles. The van der Waals surface area contributed by atoms with E-state index in [0.29, 0.717) is 15.7 Å². The Kier molecular flexibility index (Phi) is 5.68. The molecule has 1 aromatic rings. The van der Waals surface area contributed by atoms with E-state index in [2.05, 4.69) is 10.6 Å². The number of nitriles is 1. The van der Waals surface area contributed by atoms with Crippen molar-refractivity contribution in [2.75, 3.05) is 5.32 Å². The van der Waals surface area contributed by atoms with Crippen LogP contribution >= 0.6 is 23.2 Å². The quantitative estimate of drug-likeness (QED) is 0.662. The third-order valence-electron chi connectivity index (χ3n) is 2.11. The number of anilines is 1. The molecule has 19 heavy (non-hydrogen) atoms. The Labute approximate surface area is 122 Å². The van der Waals surface area contributed by atoms with E-state index in [0.717, 1.165) is 0 Å². The van der Waals surface area contributed by atoms with E-state index in [9.17, 15) is 4.79 Å². The second-order valence-corrected chi connectivity index (χ2v) is 4.85. The maximum Gasteiger partial charge on any atom is 0.263 e. The van der Waals surface area contributed by atoms with E-state index in [1.54, 1.807) is 18.2 Å². The van der Waals surface area contributed by atoms with Gasteiger partial charge in [-0.15, -0.1) is 0 Å². The normalized spacial score (nSPS) is 11.1. The number of carbonyl (C=O) groups is 1. The van der Waals surface area contributed by atoms with Crippen molar-refractivity contribution in [2.24, 2.45) is 0 Å². The number of rotatable bonds is 4. The molecule has 0 aliphatic rings. The minimum absolute atomic E-state index is 0.0480. The van der Waals surface area contributed by atoms with Crippen molar-refractivity contribution in [3.63, 3.8) is 0 Å². The molecule has 0 saturated heterocycles. The van der Waals surface area contributed by atoms with Crippen LogP contribution in [0, 0.1) is 11.3 Å². The highest BCUT2D eigenvalue weighted by Crippen LogP contribution is 2.29. The number of para-hydroxylation sites is 1. The SMILES string of the molecule is CC(C)NC(=O)/C(C#N)=C\Nc1c(Cl)cccc1Cl. The number of nitrogens with one attached hydrogen (secondary N) is 2. The largest absolute Gasteiger partial charge is 0.358 e. The zero-order chi connectivity index (χ0) is 14.4. The summed E-state index contributed by atoms with van der Waals surface area (Å²) in [7, 11) is 0. The maximum absolute atomic E-state index is 11.7. The Balaban J connectivity index is 2.90. The van der Waals surface area contributed by atoms with Crippen LogP contribution in [0.3, 0.4) is 0 Å². The zero-order valence-electron chi connectivity index (χ0n) is 10.5. The minimum atomic E-state index is -0.451. The van der Waals surface area contributed by atoms with Gasteiger partial charge in [0.15, 0.2) is 0 Å². The highest BCUT2D eigenvalue weighted by Gasteiger charge is 2.10. The molecule has 0 bridgehead atoms. The first-order chi connectivity index (χ1) is 8.95. The smallest absolute Gasteiger partial charge is 0.263 e. The van der Waals surface area contributed by atoms with Gasteiger partial charge in [0.1, 0.15) is 11.6 Å². The monoisotopic (exact) mass is 297 g/mol. The summed E-state index contributed by atoms with van der Waals surface area (Å²) in [5.41, 5.74) is 0.403. The summed E-state index contributed by atoms with van der Waals surface area (Å²) in [5.74, 6) is -0.451. The molecule has 0 spiro atoms. The van der Waals surface area contributed by atoms with E-state index in [1.807, 2.05) is 19.9 Å². The Morgan fingerprint density at radius 1 is 1.37 bits per heavy atom. The van der Waals surface area contributed by atoms with Crippen LogP contribution < -0.4 is 10.6 Å². The summed E-state index contributed by atoms with van der Waals surface area (Å²) in [6, 6.07) is 6.79. The minimum Gasteiger partial charge on any atom is -0.358 e. The topological polar surface area (TPSA) is 64.9 Å². The van der Waals surface area contributed by atoms with Gasteiger partial charge in [0.25, 0.3) is 5.91 Å². The maximum atomic E-state index is 11.7. The average molecular weight is 298 g/mol. The van der Waals surface area contributed by atoms with Gasteiger partial charge in [-0.3, -0.25) is 4.79 Å². The first-order valence-electron chi connectivity index (χ1n) is 5.57. The predicted octanol–water partition coefficient (Wildman–Crippen LogP) is 3.34. The van der Waals surface area contributed by atoms with Crippen LogP contribution in [0.25, 0.3) is 0 Å². The summed E-state index contributed by atoms with van der Waals surface area (Å²) in [5, 5.41) is 15.2. The van der Waals surface area contributed by atoms with Crippen LogP contribution in [0.15, 0.2) is 30.0 Å². The number of carbonyl (C=O) groups excluding carboxylic acids is 1. The lowest BCUT2D eigenvalue weighted by Gasteiger charge is -2.09. The molecule has 0 atom stereocenters. The van der Waals surface area contributed by atoms with Crippen molar-refractivity contribution in [2.45, 2.75) is 19.9 Å². The van der Waals surface area contributed by atoms with Crippen LogP contribution in [0.1, 0.15) is 13.8 Å². The zero-order valence-corrected chi connectivity index (χ0v) is 12.0. The van der Waals surface area contributed by atoms with Gasteiger partial charge in [-0.1, -0.05) is 29.3 Å². The molecule has 1 rings (SSSR count). The molecule has 1 aromatic carbocycles. The van der Waals surface area contributed by atoms with Gasteiger partial charge in [-0.25, -0.2) is 0 Å². The number of halogens is 2. The van der Waals surface area contributed by atoms with E-state index in [-0.39, 0.29) is 11.6 Å². The summed E-state index contributed by atoms with van der Waals surface area (Å²) >= 11 is 11.9. The number of nitrogens with zero attached hydrogens (tertiary/aromatic N) is 1. The molecule has 0 radical (unpaired) electrons. The Bertz CT molecular complexity index is 527. The molecule has 0 aromatic heterocycles. The molecule has 0 unspecified atom stereocenters. The molecule has 1 amide bonds. The predicted molar refractivity (Wildman–Crippen MR) is 77.1 cm³/mol. The van der Waals surface area contributed by atoms with Crippen molar-refractivity contribution < 1.29 is 4.79 Å². The Morgan fingerprint density at radius 3 is 2.42 bits per heavy atom. The summed E-state index contributed by atoms with van der Waals surface area (Å²) in [4.78, 5) is 11.7. The molecule has 100 valence electrons. The van der Waals surface area contributed by atoms with Gasteiger partial charge < -0.3 is 10.6 Å². The lowest BCUT2D eigenvalue weighted by Crippen LogP contribution is -2.31. The van der Waals surface area contributed by atoms with Gasteiger partial charge in [0.2, 0.25) is 0 Å². The Hall–Kier alpha value is -1.70. The fourth-order valence-electron chi connectivity index (χ4n) is 1.27. The third kappa shape index (κ3) is 4.47. The average Bonchev–Trinajstić information content (AvgIpc) is 2.32. The van der Waals surface area contributed by atoms with E-state index >= 15 is 0 Å². The van der Waals surface area contributed by atoms with Crippen LogP contribution in [-0.4, -0.2) is 11.9 Å². The number of benzene rings is 1. The lowest BCUT2D eigenvalue weighted by atomic mass is 10.2. The summed E-state index contributed by atoms with van der Waals surface area (Å²) < 4.78 is 0. The van der Waals surface area contributed by atoms with Crippen LogP contribution in [0.2, 0.25) is 10.0 Å². The number of hydrogen-bond donors (Lipinski definition) is 2. The van der Waals surface area contributed by atoms with Crippen molar-refractivity contribution in [3.8, 4) is 6.07 Å². The molecule has 0 heterocycles. The number of hydrogen-bond acceptors (Lipinski definition) is 3. The lowest BCUT2D eigenvalue weighted by molar-refractivity contribution is -0.117. The van der Waals surface area contributed by atoms with Crippen molar-refractivity contribution in [1.29, 1.82) is 5.26 Å². The molecule has 0 saturated carbocycles. The van der Waals surface area contributed by atoms with Gasteiger partial charge >= 0.3 is 0 Å². The van der Waals surface area contributed by atoms with Crippen molar-refractivity contribution in [1.82, 2.24) is 5.32 Å². The molecule has 0 aliphatic heterocycles. The fraction of sp³-hybridized carbons (Fsp3) is 0.231. The first kappa shape index (κ1) is 15.4. The first-order valence-corrected chi connectivity index (χ1v) is 6.33. The second kappa shape index (κ2) is 7.03. The highest BCUT2D eigenvalue weighted by atomic mass is 35.5. The summed E-state index contributed by atoms with van der Waals surface area (Å²) in [6.45, 7) is 3.62. The third-order valence-corrected chi connectivity index (χ3v) is 2.74. The standard InChI is InChI=1S/C13H13Cl2N3O/c1-8(2)18-13(19)9(6-16)7-17-12-10(14)4-3-5-11(12)15/h3-5,7-8,17H,1-2H3,(H,18,19)/b9-7-. The van der Waals surface area contributed by atoms with E-state index in [4.69, 9.17) is 28.5 Å². The van der Waals surface area contributed by atoms with Gasteiger partial charge in [-0.05, 0) is 26.0 Å². The van der Waals surface area contributed by atoms with E-state index < -0.39 is 5.91 Å². The molecule has 2 N–H and O–H groups in total. The van der Waals surface area contributed by atoms with Crippen LogP contribution in [0.4, 0.5) is 5.69 Å². The molecule has 4 nitrogen and oxygen atoms in total. The van der Waals surface area contributed by atoms with E-state index in [1.165, 1.54) is 6.20 Å². The van der Waals surface area contributed by atoms with Crippen molar-refractivity contribution >= 4 is 34.8 Å². The highest BCUT2D eigenvalue weighted by molar-refractivity contribution is 6.39. The summed E-state index contributed by atoms with van der Waals surface area (Å²) in [6.07, 6.45) is 1.28. The molecule has 6 heteroatoms. The Morgan fingerprint density at radius 2 is 1.95 bits per heavy atom. The van der Waals surface area contributed by atoms with Crippen molar-refractivity contribution in [3.05, 3.63) is 40.0 Å². The fourth-order valence-corrected chi connectivity index (χ4v) is 1.78. The van der Waals surface area contributed by atoms with Crippen LogP contribution in [-0.2, 0) is 4.79 Å².